The SMILES string of the molecule is Cc1ccc(NS(=O)(=O)C2=CC#CC(c3cnco3)C=C2)c(C(=O)c2cccc(C)n2)c1. The van der Waals surface area contributed by atoms with Crippen molar-refractivity contribution in [1.29, 1.82) is 0 Å². The summed E-state index contributed by atoms with van der Waals surface area (Å²) in [7, 11) is -4.01. The third-order valence-corrected chi connectivity index (χ3v) is 6.12. The van der Waals surface area contributed by atoms with E-state index in [1.54, 1.807) is 49.4 Å². The van der Waals surface area contributed by atoms with Crippen molar-refractivity contribution < 1.29 is 17.6 Å². The van der Waals surface area contributed by atoms with Gasteiger partial charge in [-0.3, -0.25) is 9.52 Å². The predicted molar refractivity (Wildman–Crippen MR) is 120 cm³/mol. The molecular weight excluding hydrogens is 426 g/mol. The number of nitrogens with zero attached hydrogens (tertiary/aromatic N) is 2. The lowest BCUT2D eigenvalue weighted by Gasteiger charge is -2.13. The highest BCUT2D eigenvalue weighted by Gasteiger charge is 2.22. The number of carbonyl (C=O) groups is 1. The van der Waals surface area contributed by atoms with Gasteiger partial charge in [-0.2, -0.15) is 0 Å². The molecule has 1 aliphatic rings. The third kappa shape index (κ3) is 4.53. The van der Waals surface area contributed by atoms with Gasteiger partial charge in [0.2, 0.25) is 5.78 Å². The standard InChI is InChI=1S/C24H19N3O4S/c1-16-9-12-21(20(13-16)24(28)22-8-3-5-17(2)26-22)27-32(29,30)19-7-4-6-18(10-11-19)23-14-25-15-31-23/h3,5,7-15,18,27H,1-2H3. The fourth-order valence-corrected chi connectivity index (χ4v) is 4.21. The zero-order valence-corrected chi connectivity index (χ0v) is 18.2. The molecule has 0 bridgehead atoms. The van der Waals surface area contributed by atoms with Gasteiger partial charge < -0.3 is 4.42 Å². The van der Waals surface area contributed by atoms with Crippen LogP contribution in [0.25, 0.3) is 0 Å². The molecule has 0 aliphatic heterocycles. The van der Waals surface area contributed by atoms with Gasteiger partial charge in [-0.15, -0.1) is 0 Å². The van der Waals surface area contributed by atoms with E-state index >= 15 is 0 Å². The van der Waals surface area contributed by atoms with Crippen molar-refractivity contribution in [3.8, 4) is 11.8 Å². The summed E-state index contributed by atoms with van der Waals surface area (Å²) in [6, 6.07) is 10.1. The minimum atomic E-state index is -4.01. The second-order valence-corrected chi connectivity index (χ2v) is 8.91. The van der Waals surface area contributed by atoms with Crippen LogP contribution in [0.5, 0.6) is 0 Å². The van der Waals surface area contributed by atoms with Crippen LogP contribution in [0.2, 0.25) is 0 Å². The van der Waals surface area contributed by atoms with Crippen LogP contribution in [0.1, 0.15) is 39.0 Å². The maximum Gasteiger partial charge on any atom is 0.262 e. The number of hydrogen-bond donors (Lipinski definition) is 1. The Labute approximate surface area is 186 Å². The number of sulfonamides is 1. The topological polar surface area (TPSA) is 102 Å². The van der Waals surface area contributed by atoms with Gasteiger partial charge in [0.15, 0.2) is 6.39 Å². The van der Waals surface area contributed by atoms with Crippen LogP contribution in [0.3, 0.4) is 0 Å². The van der Waals surface area contributed by atoms with Gasteiger partial charge in [0.1, 0.15) is 11.5 Å². The lowest BCUT2D eigenvalue weighted by Crippen LogP contribution is -2.17. The molecular formula is C24H19N3O4S. The first kappa shape index (κ1) is 21.3. The summed E-state index contributed by atoms with van der Waals surface area (Å²) < 4.78 is 34.0. The van der Waals surface area contributed by atoms with Crippen molar-refractivity contribution in [1.82, 2.24) is 9.97 Å². The van der Waals surface area contributed by atoms with Crippen molar-refractivity contribution in [3.05, 3.63) is 100 Å². The number of carbonyl (C=O) groups excluding carboxylic acids is 1. The smallest absolute Gasteiger partial charge is 0.262 e. The number of pyridine rings is 1. The molecule has 1 unspecified atom stereocenters. The first-order valence-corrected chi connectivity index (χ1v) is 11.2. The van der Waals surface area contributed by atoms with Crippen molar-refractivity contribution in [3.63, 3.8) is 0 Å². The second-order valence-electron chi connectivity index (χ2n) is 7.22. The number of rotatable bonds is 6. The van der Waals surface area contributed by atoms with Gasteiger partial charge in [-0.25, -0.2) is 18.4 Å². The Morgan fingerprint density at radius 3 is 2.78 bits per heavy atom. The van der Waals surface area contributed by atoms with Crippen molar-refractivity contribution in [2.45, 2.75) is 19.8 Å². The molecule has 0 radical (unpaired) electrons. The van der Waals surface area contributed by atoms with E-state index in [0.717, 1.165) is 5.56 Å². The Morgan fingerprint density at radius 2 is 2.03 bits per heavy atom. The summed E-state index contributed by atoms with van der Waals surface area (Å²) in [6.45, 7) is 3.61. The third-order valence-electron chi connectivity index (χ3n) is 4.76. The largest absolute Gasteiger partial charge is 0.447 e. The zero-order valence-electron chi connectivity index (χ0n) is 17.4. The van der Waals surface area contributed by atoms with E-state index < -0.39 is 15.9 Å². The molecule has 0 saturated carbocycles. The van der Waals surface area contributed by atoms with Gasteiger partial charge in [-0.05, 0) is 44.2 Å². The number of aromatic nitrogens is 2. The van der Waals surface area contributed by atoms with Gasteiger partial charge in [0.25, 0.3) is 10.0 Å². The molecule has 1 aliphatic carbocycles. The van der Waals surface area contributed by atoms with Crippen molar-refractivity contribution >= 4 is 21.5 Å². The van der Waals surface area contributed by atoms with E-state index in [1.807, 2.05) is 6.92 Å². The number of anilines is 1. The number of aryl methyl sites for hydroxylation is 2. The maximum atomic E-state index is 13.1. The molecule has 3 aromatic rings. The number of allylic oxidation sites excluding steroid dienone is 3. The number of benzene rings is 1. The Kier molecular flexibility index (Phi) is 5.75. The molecule has 0 fully saturated rings. The number of hydrogen-bond acceptors (Lipinski definition) is 6. The highest BCUT2D eigenvalue weighted by Crippen LogP contribution is 2.25. The summed E-state index contributed by atoms with van der Waals surface area (Å²) in [4.78, 5) is 21.2. The molecule has 32 heavy (non-hydrogen) atoms. The van der Waals surface area contributed by atoms with Gasteiger partial charge in [-0.1, -0.05) is 35.6 Å². The van der Waals surface area contributed by atoms with Crippen LogP contribution in [0, 0.1) is 25.7 Å². The first-order chi connectivity index (χ1) is 15.3. The molecule has 7 nitrogen and oxygen atoms in total. The molecule has 160 valence electrons. The molecule has 1 N–H and O–H groups in total. The lowest BCUT2D eigenvalue weighted by atomic mass is 10.0. The molecule has 8 heteroatoms. The molecule has 0 saturated heterocycles. The maximum absolute atomic E-state index is 13.1. The molecule has 4 rings (SSSR count). The highest BCUT2D eigenvalue weighted by atomic mass is 32.2. The normalized spacial score (nSPS) is 15.3. The highest BCUT2D eigenvalue weighted by molar-refractivity contribution is 7.96. The van der Waals surface area contributed by atoms with E-state index in [0.29, 0.717) is 11.5 Å². The zero-order chi connectivity index (χ0) is 22.7. The van der Waals surface area contributed by atoms with Crippen molar-refractivity contribution in [2.75, 3.05) is 4.72 Å². The number of nitrogens with one attached hydrogen (secondary N) is 1. The van der Waals surface area contributed by atoms with Crippen LogP contribution in [0.4, 0.5) is 5.69 Å². The molecule has 2 heterocycles. The lowest BCUT2D eigenvalue weighted by molar-refractivity contribution is 0.103. The van der Waals surface area contributed by atoms with Crippen molar-refractivity contribution in [2.24, 2.45) is 0 Å². The minimum absolute atomic E-state index is 0.0281. The predicted octanol–water partition coefficient (Wildman–Crippen LogP) is 3.90. The summed E-state index contributed by atoms with van der Waals surface area (Å²) >= 11 is 0. The van der Waals surface area contributed by atoms with Crippen LogP contribution >= 0.6 is 0 Å². The van der Waals surface area contributed by atoms with E-state index in [-0.39, 0.29) is 27.6 Å². The average Bonchev–Trinajstić information content (AvgIpc) is 3.18. The van der Waals surface area contributed by atoms with E-state index in [1.165, 1.54) is 24.7 Å². The monoisotopic (exact) mass is 445 g/mol. The number of oxazole rings is 1. The van der Waals surface area contributed by atoms with Crippen LogP contribution in [0.15, 0.2) is 76.5 Å². The molecule has 1 atom stereocenters. The summed E-state index contributed by atoms with van der Waals surface area (Å²) in [5.74, 6) is 5.40. The first-order valence-electron chi connectivity index (χ1n) is 9.73. The van der Waals surface area contributed by atoms with E-state index in [2.05, 4.69) is 26.5 Å². The molecule has 1 aromatic carbocycles. The summed E-state index contributed by atoms with van der Waals surface area (Å²) in [5.41, 5.74) is 2.14. The average molecular weight is 446 g/mol. The Morgan fingerprint density at radius 1 is 1.19 bits per heavy atom. The van der Waals surface area contributed by atoms with Gasteiger partial charge >= 0.3 is 0 Å². The Balaban J connectivity index is 1.64. The fourth-order valence-electron chi connectivity index (χ4n) is 3.15. The molecule has 0 spiro atoms. The van der Waals surface area contributed by atoms with Gasteiger partial charge in [0, 0.05) is 17.3 Å². The Hall–Kier alpha value is -3.96. The molecule has 0 amide bonds. The number of ketones is 1. The summed E-state index contributed by atoms with van der Waals surface area (Å²) in [5, 5.41) is 0. The second kappa shape index (κ2) is 8.65. The summed E-state index contributed by atoms with van der Waals surface area (Å²) in [6.07, 6.45) is 7.21. The Bertz CT molecular complexity index is 1410. The van der Waals surface area contributed by atoms with Gasteiger partial charge in [0.05, 0.1) is 22.7 Å². The van der Waals surface area contributed by atoms with Crippen LogP contribution < -0.4 is 4.72 Å². The van der Waals surface area contributed by atoms with Crippen LogP contribution in [-0.2, 0) is 10.0 Å². The minimum Gasteiger partial charge on any atom is -0.447 e. The fraction of sp³-hybridized carbons (Fsp3) is 0.125. The molecule has 2 aromatic heterocycles. The van der Waals surface area contributed by atoms with Crippen LogP contribution in [-0.4, -0.2) is 24.2 Å². The quantitative estimate of drug-likeness (QED) is 0.456. The van der Waals surface area contributed by atoms with E-state index in [4.69, 9.17) is 4.42 Å². The van der Waals surface area contributed by atoms with E-state index in [9.17, 15) is 13.2 Å².